The van der Waals surface area contributed by atoms with Crippen LogP contribution in [0.5, 0.6) is 5.75 Å². The Morgan fingerprint density at radius 3 is 2.47 bits per heavy atom. The van der Waals surface area contributed by atoms with Crippen LogP contribution in [0.15, 0.2) is 53.4 Å². The number of sulfonamides is 1. The lowest BCUT2D eigenvalue weighted by Gasteiger charge is -2.45. The fourth-order valence-electron chi connectivity index (χ4n) is 5.09. The molecule has 2 aromatic carbocycles. The number of piperidine rings is 1. The van der Waals surface area contributed by atoms with Gasteiger partial charge in [-0.15, -0.1) is 0 Å². The third-order valence-corrected chi connectivity index (χ3v) is 8.56. The lowest BCUT2D eigenvalue weighted by molar-refractivity contribution is 0.00862. The molecule has 1 unspecified atom stereocenters. The number of likely N-dealkylation sites (N-methyl/N-ethyl adjacent to an activating group) is 1. The zero-order valence-corrected chi connectivity index (χ0v) is 21.2. The summed E-state index contributed by atoms with van der Waals surface area (Å²) in [5, 5.41) is 10.5. The van der Waals surface area contributed by atoms with Crippen molar-refractivity contribution in [1.29, 1.82) is 0 Å². The summed E-state index contributed by atoms with van der Waals surface area (Å²) >= 11 is 0. The van der Waals surface area contributed by atoms with Crippen molar-refractivity contribution in [3.05, 3.63) is 48.5 Å². The second-order valence-corrected chi connectivity index (χ2v) is 11.9. The quantitative estimate of drug-likeness (QED) is 0.678. The normalized spacial score (nSPS) is 24.1. The van der Waals surface area contributed by atoms with E-state index in [0.717, 1.165) is 43.6 Å². The van der Waals surface area contributed by atoms with E-state index < -0.39 is 16.1 Å². The number of likely N-dealkylation sites (tertiary alicyclic amines) is 1. The Morgan fingerprint density at radius 2 is 1.79 bits per heavy atom. The van der Waals surface area contributed by atoms with Gasteiger partial charge < -0.3 is 19.6 Å². The van der Waals surface area contributed by atoms with Crippen molar-refractivity contribution in [2.24, 2.45) is 5.41 Å². The molecule has 2 aromatic rings. The largest absolute Gasteiger partial charge is 0.492 e. The Bertz CT molecular complexity index is 1070. The monoisotopic (exact) mass is 487 g/mol. The van der Waals surface area contributed by atoms with E-state index in [1.54, 1.807) is 6.07 Å². The smallest absolute Gasteiger partial charge is 0.244 e. The fraction of sp³-hybridized carbons (Fsp3) is 0.538. The number of rotatable bonds is 2. The summed E-state index contributed by atoms with van der Waals surface area (Å²) in [6, 6.07) is 15.6. The second-order valence-electron chi connectivity index (χ2n) is 10.1. The van der Waals surface area contributed by atoms with Crippen LogP contribution >= 0.6 is 0 Å². The molecule has 1 spiro atoms. The highest BCUT2D eigenvalue weighted by molar-refractivity contribution is 7.89. The summed E-state index contributed by atoms with van der Waals surface area (Å²) < 4.78 is 35.3. The second kappa shape index (κ2) is 10.3. The van der Waals surface area contributed by atoms with E-state index in [2.05, 4.69) is 28.4 Å². The first-order chi connectivity index (χ1) is 16.2. The van der Waals surface area contributed by atoms with Crippen LogP contribution in [0.4, 0.5) is 0 Å². The minimum atomic E-state index is -3.84. The summed E-state index contributed by atoms with van der Waals surface area (Å²) in [6.07, 6.45) is 1.13. The topological polar surface area (TPSA) is 82.1 Å². The highest BCUT2D eigenvalue weighted by Crippen LogP contribution is 2.37. The predicted octanol–water partition coefficient (Wildman–Crippen LogP) is 2.81. The van der Waals surface area contributed by atoms with Gasteiger partial charge in [-0.05, 0) is 70.1 Å². The van der Waals surface area contributed by atoms with Crippen molar-refractivity contribution < 1.29 is 18.3 Å². The molecule has 1 atom stereocenters. The van der Waals surface area contributed by atoms with E-state index in [0.29, 0.717) is 24.9 Å². The molecule has 8 heteroatoms. The number of ether oxygens (including phenoxy) is 1. The maximum atomic E-state index is 13.1. The van der Waals surface area contributed by atoms with Gasteiger partial charge in [0.15, 0.2) is 0 Å². The van der Waals surface area contributed by atoms with E-state index in [4.69, 9.17) is 4.74 Å². The molecule has 2 aliphatic heterocycles. The van der Waals surface area contributed by atoms with Crippen molar-refractivity contribution in [2.45, 2.75) is 43.7 Å². The highest BCUT2D eigenvalue weighted by atomic mass is 32.2. The van der Waals surface area contributed by atoms with Crippen LogP contribution in [0.1, 0.15) is 26.7 Å². The fourth-order valence-corrected chi connectivity index (χ4v) is 6.29. The number of fused-ring (bicyclic) bond motifs is 1. The molecule has 0 amide bonds. The van der Waals surface area contributed by atoms with Crippen LogP contribution in [0.3, 0.4) is 0 Å². The van der Waals surface area contributed by atoms with E-state index in [1.807, 2.05) is 49.5 Å². The minimum absolute atomic E-state index is 0.0410. The van der Waals surface area contributed by atoms with Crippen molar-refractivity contribution in [3.63, 3.8) is 0 Å². The number of nitrogens with zero attached hydrogens (tertiary/aromatic N) is 2. The van der Waals surface area contributed by atoms with Crippen LogP contribution in [0, 0.1) is 5.41 Å². The first-order valence-corrected chi connectivity index (χ1v) is 13.6. The van der Waals surface area contributed by atoms with Gasteiger partial charge >= 0.3 is 0 Å². The first kappa shape index (κ1) is 25.1. The molecule has 0 radical (unpaired) electrons. The number of hydrogen-bond donors (Lipinski definition) is 2. The van der Waals surface area contributed by atoms with Gasteiger partial charge in [-0.1, -0.05) is 36.4 Å². The molecule has 0 saturated carbocycles. The molecule has 2 aliphatic rings. The Kier molecular flexibility index (Phi) is 7.64. The molecule has 34 heavy (non-hydrogen) atoms. The third kappa shape index (κ3) is 5.80. The van der Waals surface area contributed by atoms with E-state index in [-0.39, 0.29) is 16.9 Å². The summed E-state index contributed by atoms with van der Waals surface area (Å²) in [6.45, 7) is 7.98. The van der Waals surface area contributed by atoms with E-state index in [1.165, 1.54) is 0 Å². The van der Waals surface area contributed by atoms with Crippen LogP contribution in [0.2, 0.25) is 0 Å². The minimum Gasteiger partial charge on any atom is -0.492 e. The summed E-state index contributed by atoms with van der Waals surface area (Å²) in [4.78, 5) is 4.70. The third-order valence-electron chi connectivity index (χ3n) is 7.10. The number of benzene rings is 2. The van der Waals surface area contributed by atoms with Crippen molar-refractivity contribution in [1.82, 2.24) is 14.5 Å². The summed E-state index contributed by atoms with van der Waals surface area (Å²) in [5.41, 5.74) is 1.79. The maximum absolute atomic E-state index is 13.1. The summed E-state index contributed by atoms with van der Waals surface area (Å²) in [5.74, 6) is 0.359. The zero-order valence-electron chi connectivity index (χ0n) is 20.4. The molecule has 0 aromatic heterocycles. The predicted molar refractivity (Wildman–Crippen MR) is 134 cm³/mol. The SMILES string of the molecule is CC(C)N1CCC2(CC1)COc1cc(-c3ccccc3)ccc1S(=O)(=O)NCC(O)CN(C)C2. The molecule has 1 saturated heterocycles. The molecule has 2 heterocycles. The Hall–Kier alpha value is -1.97. The highest BCUT2D eigenvalue weighted by Gasteiger charge is 2.38. The number of aliphatic hydroxyl groups is 1. The molecular formula is C26H37N3O4S. The Balaban J connectivity index is 1.70. The van der Waals surface area contributed by atoms with Crippen molar-refractivity contribution in [2.75, 3.05) is 46.4 Å². The number of hydrogen-bond acceptors (Lipinski definition) is 6. The van der Waals surface area contributed by atoms with Crippen LogP contribution in [-0.4, -0.2) is 81.8 Å². The number of nitrogens with one attached hydrogen (secondary N) is 1. The van der Waals surface area contributed by atoms with Gasteiger partial charge in [-0.2, -0.15) is 0 Å². The first-order valence-electron chi connectivity index (χ1n) is 12.1. The van der Waals surface area contributed by atoms with Crippen molar-refractivity contribution in [3.8, 4) is 16.9 Å². The van der Waals surface area contributed by atoms with Gasteiger partial charge in [0.25, 0.3) is 0 Å². The van der Waals surface area contributed by atoms with Gasteiger partial charge in [-0.25, -0.2) is 13.1 Å². The van der Waals surface area contributed by atoms with Crippen LogP contribution in [-0.2, 0) is 10.0 Å². The molecule has 2 N–H and O–H groups in total. The number of β-amino-alcohol motifs (C(OH)–C–C–N with tert-alkyl or cyclic N) is 1. The van der Waals surface area contributed by atoms with Crippen molar-refractivity contribution >= 4 is 10.0 Å². The molecule has 1 fully saturated rings. The van der Waals surface area contributed by atoms with Gasteiger partial charge in [0.05, 0.1) is 12.7 Å². The molecule has 186 valence electrons. The van der Waals surface area contributed by atoms with Crippen LogP contribution < -0.4 is 9.46 Å². The van der Waals surface area contributed by atoms with Gasteiger partial charge in [-0.3, -0.25) is 0 Å². The van der Waals surface area contributed by atoms with Crippen LogP contribution in [0.25, 0.3) is 11.1 Å². The molecule has 0 bridgehead atoms. The average molecular weight is 488 g/mol. The van der Waals surface area contributed by atoms with Gasteiger partial charge in [0.1, 0.15) is 10.6 Å². The molecular weight excluding hydrogens is 450 g/mol. The lowest BCUT2D eigenvalue weighted by Crippen LogP contribution is -2.51. The van der Waals surface area contributed by atoms with Gasteiger partial charge in [0.2, 0.25) is 10.0 Å². The van der Waals surface area contributed by atoms with E-state index >= 15 is 0 Å². The van der Waals surface area contributed by atoms with E-state index in [9.17, 15) is 13.5 Å². The Morgan fingerprint density at radius 1 is 1.09 bits per heavy atom. The molecule has 0 aliphatic carbocycles. The molecule has 7 nitrogen and oxygen atoms in total. The summed E-state index contributed by atoms with van der Waals surface area (Å²) in [7, 11) is -1.86. The molecule has 4 rings (SSSR count). The average Bonchev–Trinajstić information content (AvgIpc) is 2.81. The zero-order chi connectivity index (χ0) is 24.3. The maximum Gasteiger partial charge on any atom is 0.244 e. The lowest BCUT2D eigenvalue weighted by atomic mass is 9.78. The standard InChI is InChI=1S/C26H37N3O4S/c1-20(2)29-13-11-26(12-14-29)18-28(3)17-23(30)16-27-34(31,32)25-10-9-22(15-24(25)33-19-26)21-7-5-4-6-8-21/h4-10,15,20,23,27,30H,11-14,16-19H2,1-3H3. The number of aliphatic hydroxyl groups excluding tert-OH is 1. The Labute approximate surface area is 203 Å². The van der Waals surface area contributed by atoms with Gasteiger partial charge in [0, 0.05) is 31.1 Å².